The summed E-state index contributed by atoms with van der Waals surface area (Å²) in [6, 6.07) is 5.58. The highest BCUT2D eigenvalue weighted by atomic mass is 32.2. The van der Waals surface area contributed by atoms with Gasteiger partial charge in [0.15, 0.2) is 0 Å². The van der Waals surface area contributed by atoms with E-state index in [1.165, 1.54) is 6.07 Å². The molecule has 0 radical (unpaired) electrons. The number of allylic oxidation sites excluding steroid dienone is 2. The third kappa shape index (κ3) is 2.21. The predicted octanol–water partition coefficient (Wildman–Crippen LogP) is 2.83. The lowest BCUT2D eigenvalue weighted by atomic mass is 9.95. The Labute approximate surface area is 116 Å². The quantitative estimate of drug-likeness (QED) is 0.891. The summed E-state index contributed by atoms with van der Waals surface area (Å²) in [6.45, 7) is 2.04. The maximum Gasteiger partial charge on any atom is 0.141 e. The molecule has 0 saturated heterocycles. The minimum atomic E-state index is -0.387. The monoisotopic (exact) mass is 268 g/mol. The first kappa shape index (κ1) is 13.2. The summed E-state index contributed by atoms with van der Waals surface area (Å²) >= 11 is 1.60. The summed E-state index contributed by atoms with van der Waals surface area (Å²) in [4.78, 5) is 4.31. The van der Waals surface area contributed by atoms with Crippen LogP contribution in [0.2, 0.25) is 0 Å². The van der Waals surface area contributed by atoms with Crippen molar-refractivity contribution in [2.75, 3.05) is 5.73 Å². The number of rotatable bonds is 2. The number of aromatic nitrogens is 1. The second kappa shape index (κ2) is 5.17. The molecule has 0 bridgehead atoms. The Morgan fingerprint density at radius 3 is 2.58 bits per heavy atom. The van der Waals surface area contributed by atoms with Gasteiger partial charge in [-0.3, -0.25) is 0 Å². The van der Waals surface area contributed by atoms with Crippen molar-refractivity contribution in [2.45, 2.75) is 18.1 Å². The first-order valence-electron chi connectivity index (χ1n) is 5.80. The van der Waals surface area contributed by atoms with Crippen LogP contribution in [0.15, 0.2) is 29.7 Å². The number of thioether (sulfide) groups is 1. The Hall–Kier alpha value is -2.24. The third-order valence-electron chi connectivity index (χ3n) is 3.05. The maximum absolute atomic E-state index is 9.28. The fourth-order valence-corrected chi connectivity index (χ4v) is 2.99. The lowest BCUT2D eigenvalue weighted by molar-refractivity contribution is 0.710. The van der Waals surface area contributed by atoms with E-state index in [4.69, 9.17) is 11.0 Å². The molecule has 4 nitrogen and oxygen atoms in total. The second-order valence-corrected chi connectivity index (χ2v) is 5.33. The van der Waals surface area contributed by atoms with Crippen molar-refractivity contribution in [2.24, 2.45) is 0 Å². The normalized spacial score (nSPS) is 20.8. The number of anilines is 1. The fourth-order valence-electron chi connectivity index (χ4n) is 1.98. The first-order chi connectivity index (χ1) is 9.16. The van der Waals surface area contributed by atoms with Crippen molar-refractivity contribution in [3.05, 3.63) is 46.5 Å². The van der Waals surface area contributed by atoms with Gasteiger partial charge < -0.3 is 5.73 Å². The highest BCUT2D eigenvalue weighted by molar-refractivity contribution is 8.03. The molecule has 0 amide bonds. The number of hydrogen-bond acceptors (Lipinski definition) is 5. The molecule has 1 aromatic rings. The number of hydrogen-bond donors (Lipinski definition) is 1. The van der Waals surface area contributed by atoms with Gasteiger partial charge in [0, 0.05) is 0 Å². The molecule has 0 aliphatic carbocycles. The SMILES string of the molecule is CCC1(c2nc(N)c(C#N)cc2C#N)C=CC=CS1. The molecule has 1 unspecified atom stereocenters. The van der Waals surface area contributed by atoms with Gasteiger partial charge in [0.05, 0.1) is 21.6 Å². The number of nitrogen functional groups attached to an aromatic ring is 1. The van der Waals surface area contributed by atoms with E-state index in [0.29, 0.717) is 11.3 Å². The van der Waals surface area contributed by atoms with Gasteiger partial charge in [-0.15, -0.1) is 11.8 Å². The first-order valence-corrected chi connectivity index (χ1v) is 6.68. The van der Waals surface area contributed by atoms with Crippen LogP contribution in [-0.2, 0) is 4.75 Å². The standard InChI is InChI=1S/C14H12N4S/c1-2-14(5-3-4-6-19-14)12-10(8-15)7-11(9-16)13(17)18-12/h3-7H,2H2,1H3,(H2,17,18). The number of nitriles is 2. The van der Waals surface area contributed by atoms with Gasteiger partial charge in [-0.25, -0.2) is 4.98 Å². The molecule has 1 aliphatic rings. The molecular formula is C14H12N4S. The zero-order valence-electron chi connectivity index (χ0n) is 10.4. The maximum atomic E-state index is 9.28. The Morgan fingerprint density at radius 2 is 2.05 bits per heavy atom. The van der Waals surface area contributed by atoms with Crippen LogP contribution in [0.25, 0.3) is 0 Å². The van der Waals surface area contributed by atoms with E-state index >= 15 is 0 Å². The van der Waals surface area contributed by atoms with E-state index in [-0.39, 0.29) is 16.1 Å². The average molecular weight is 268 g/mol. The molecule has 5 heteroatoms. The van der Waals surface area contributed by atoms with E-state index in [9.17, 15) is 5.26 Å². The van der Waals surface area contributed by atoms with E-state index in [0.717, 1.165) is 6.42 Å². The van der Waals surface area contributed by atoms with Crippen LogP contribution in [0.5, 0.6) is 0 Å². The summed E-state index contributed by atoms with van der Waals surface area (Å²) in [6.07, 6.45) is 6.69. The number of nitrogens with zero attached hydrogens (tertiary/aromatic N) is 3. The molecular weight excluding hydrogens is 256 g/mol. The van der Waals surface area contributed by atoms with E-state index in [1.807, 2.05) is 36.6 Å². The summed E-state index contributed by atoms with van der Waals surface area (Å²) < 4.78 is -0.387. The van der Waals surface area contributed by atoms with Crippen LogP contribution in [0.3, 0.4) is 0 Å². The van der Waals surface area contributed by atoms with Crippen molar-refractivity contribution in [3.63, 3.8) is 0 Å². The number of pyridine rings is 1. The van der Waals surface area contributed by atoms with Crippen LogP contribution in [0.4, 0.5) is 5.82 Å². The second-order valence-electron chi connectivity index (χ2n) is 4.09. The lowest BCUT2D eigenvalue weighted by Crippen LogP contribution is -2.22. The van der Waals surface area contributed by atoms with Crippen LogP contribution in [0, 0.1) is 22.7 Å². The molecule has 2 rings (SSSR count). The molecule has 1 aliphatic heterocycles. The molecule has 0 fully saturated rings. The van der Waals surface area contributed by atoms with E-state index in [2.05, 4.69) is 11.1 Å². The topological polar surface area (TPSA) is 86.5 Å². The zero-order valence-corrected chi connectivity index (χ0v) is 11.2. The van der Waals surface area contributed by atoms with Crippen molar-refractivity contribution >= 4 is 17.6 Å². The molecule has 19 heavy (non-hydrogen) atoms. The Bertz CT molecular complexity index is 649. The molecule has 2 heterocycles. The van der Waals surface area contributed by atoms with Crippen molar-refractivity contribution in [1.29, 1.82) is 10.5 Å². The molecule has 1 aromatic heterocycles. The Morgan fingerprint density at radius 1 is 1.32 bits per heavy atom. The van der Waals surface area contributed by atoms with Crippen LogP contribution < -0.4 is 5.73 Å². The minimum absolute atomic E-state index is 0.174. The summed E-state index contributed by atoms with van der Waals surface area (Å²) in [5, 5.41) is 20.2. The van der Waals surface area contributed by atoms with Crippen molar-refractivity contribution in [1.82, 2.24) is 4.98 Å². The molecule has 0 saturated carbocycles. The van der Waals surface area contributed by atoms with E-state index < -0.39 is 0 Å². The van der Waals surface area contributed by atoms with Crippen LogP contribution in [-0.4, -0.2) is 4.98 Å². The molecule has 2 N–H and O–H groups in total. The average Bonchev–Trinajstić information content (AvgIpc) is 2.47. The van der Waals surface area contributed by atoms with Gasteiger partial charge in [-0.2, -0.15) is 10.5 Å². The zero-order chi connectivity index (χ0) is 13.9. The Kier molecular flexibility index (Phi) is 3.59. The predicted molar refractivity (Wildman–Crippen MR) is 75.9 cm³/mol. The number of nitrogens with two attached hydrogens (primary N) is 1. The van der Waals surface area contributed by atoms with Crippen LogP contribution in [0.1, 0.15) is 30.2 Å². The molecule has 1 atom stereocenters. The lowest BCUT2D eigenvalue weighted by Gasteiger charge is -2.29. The van der Waals surface area contributed by atoms with E-state index in [1.54, 1.807) is 11.8 Å². The van der Waals surface area contributed by atoms with Gasteiger partial charge in [-0.05, 0) is 17.9 Å². The third-order valence-corrected chi connectivity index (χ3v) is 4.38. The van der Waals surface area contributed by atoms with Crippen molar-refractivity contribution in [3.8, 4) is 12.1 Å². The summed E-state index contributed by atoms with van der Waals surface area (Å²) in [7, 11) is 0. The molecule has 0 spiro atoms. The highest BCUT2D eigenvalue weighted by Gasteiger charge is 2.33. The summed E-state index contributed by atoms with van der Waals surface area (Å²) in [5.74, 6) is 0.174. The minimum Gasteiger partial charge on any atom is -0.383 e. The van der Waals surface area contributed by atoms with Crippen molar-refractivity contribution < 1.29 is 0 Å². The van der Waals surface area contributed by atoms with Crippen LogP contribution >= 0.6 is 11.8 Å². The summed E-state index contributed by atoms with van der Waals surface area (Å²) in [5.41, 5.74) is 7.05. The Balaban J connectivity index is 2.66. The van der Waals surface area contributed by atoms with Gasteiger partial charge in [0.25, 0.3) is 0 Å². The smallest absolute Gasteiger partial charge is 0.141 e. The van der Waals surface area contributed by atoms with Gasteiger partial charge in [0.1, 0.15) is 18.0 Å². The molecule has 94 valence electrons. The van der Waals surface area contributed by atoms with Gasteiger partial charge in [-0.1, -0.05) is 25.2 Å². The fraction of sp³-hybridized carbons (Fsp3) is 0.214. The largest absolute Gasteiger partial charge is 0.383 e. The van der Waals surface area contributed by atoms with Gasteiger partial charge in [0.2, 0.25) is 0 Å². The highest BCUT2D eigenvalue weighted by Crippen LogP contribution is 2.44. The van der Waals surface area contributed by atoms with Gasteiger partial charge >= 0.3 is 0 Å². The molecule has 0 aromatic carbocycles.